The summed E-state index contributed by atoms with van der Waals surface area (Å²) < 4.78 is 4.69. The van der Waals surface area contributed by atoms with Crippen LogP contribution in [0.15, 0.2) is 12.1 Å². The minimum Gasteiger partial charge on any atom is -0.508 e. The van der Waals surface area contributed by atoms with Crippen LogP contribution in [0.1, 0.15) is 35.4 Å². The third-order valence-electron chi connectivity index (χ3n) is 3.43. The molecule has 3 heteroatoms. The number of phenols is 1. The molecule has 0 unspecified atom stereocenters. The zero-order valence-electron chi connectivity index (χ0n) is 9.62. The number of carbonyl (C=O) groups excluding carboxylic acids is 1. The largest absolute Gasteiger partial charge is 0.508 e. The first kappa shape index (κ1) is 11.0. The van der Waals surface area contributed by atoms with Gasteiger partial charge in [-0.05, 0) is 48.4 Å². The maximum Gasteiger partial charge on any atom is 0.306 e. The normalized spacial score (nSPS) is 18.2. The van der Waals surface area contributed by atoms with E-state index in [1.54, 1.807) is 6.07 Å². The van der Waals surface area contributed by atoms with E-state index in [1.807, 2.05) is 13.0 Å². The van der Waals surface area contributed by atoms with Crippen molar-refractivity contribution in [1.82, 2.24) is 0 Å². The summed E-state index contributed by atoms with van der Waals surface area (Å²) in [6, 6.07) is 3.64. The topological polar surface area (TPSA) is 46.5 Å². The third kappa shape index (κ3) is 1.77. The third-order valence-corrected chi connectivity index (χ3v) is 3.43. The fourth-order valence-electron chi connectivity index (χ4n) is 2.45. The zero-order valence-corrected chi connectivity index (χ0v) is 9.62. The molecule has 1 aliphatic rings. The van der Waals surface area contributed by atoms with E-state index in [4.69, 9.17) is 4.74 Å². The summed E-state index contributed by atoms with van der Waals surface area (Å²) in [7, 11) is 1.42. The second-order valence-electron chi connectivity index (χ2n) is 4.29. The van der Waals surface area contributed by atoms with Crippen LogP contribution in [0, 0.1) is 6.92 Å². The van der Waals surface area contributed by atoms with E-state index >= 15 is 0 Å². The number of benzene rings is 1. The molecule has 0 heterocycles. The number of aromatic hydroxyl groups is 1. The van der Waals surface area contributed by atoms with Gasteiger partial charge in [0.05, 0.1) is 13.5 Å². The van der Waals surface area contributed by atoms with Crippen LogP contribution in [0.2, 0.25) is 0 Å². The second kappa shape index (κ2) is 4.16. The lowest BCUT2D eigenvalue weighted by Gasteiger charge is -2.11. The van der Waals surface area contributed by atoms with Gasteiger partial charge < -0.3 is 9.84 Å². The highest BCUT2D eigenvalue weighted by atomic mass is 16.5. The molecule has 86 valence electrons. The molecule has 1 atom stereocenters. The van der Waals surface area contributed by atoms with Crippen molar-refractivity contribution >= 4 is 5.97 Å². The minimum absolute atomic E-state index is 0.163. The van der Waals surface area contributed by atoms with Crippen molar-refractivity contribution in [3.63, 3.8) is 0 Å². The molecule has 0 bridgehead atoms. The molecule has 1 aliphatic carbocycles. The molecule has 3 nitrogen and oxygen atoms in total. The maximum atomic E-state index is 11.3. The van der Waals surface area contributed by atoms with E-state index in [-0.39, 0.29) is 11.9 Å². The number of phenolic OH excluding ortho intramolecular Hbond substituents is 1. The summed E-state index contributed by atoms with van der Waals surface area (Å²) in [6.45, 7) is 1.93. The van der Waals surface area contributed by atoms with Gasteiger partial charge in [-0.3, -0.25) is 4.79 Å². The van der Waals surface area contributed by atoms with Gasteiger partial charge in [0.2, 0.25) is 0 Å². The predicted octanol–water partition coefficient (Wildman–Crippen LogP) is 2.29. The number of fused-ring (bicyclic) bond motifs is 1. The van der Waals surface area contributed by atoms with Crippen LogP contribution in [-0.2, 0) is 16.0 Å². The van der Waals surface area contributed by atoms with E-state index in [1.165, 1.54) is 18.2 Å². The Morgan fingerprint density at radius 2 is 2.31 bits per heavy atom. The Bertz CT molecular complexity index is 423. The smallest absolute Gasteiger partial charge is 0.306 e. The van der Waals surface area contributed by atoms with E-state index in [0.29, 0.717) is 12.2 Å². The average Bonchev–Trinajstić information content (AvgIpc) is 2.67. The first-order valence-corrected chi connectivity index (χ1v) is 5.51. The number of rotatable bonds is 2. The molecule has 2 rings (SSSR count). The molecular formula is C13H16O3. The Hall–Kier alpha value is -1.51. The fourth-order valence-corrected chi connectivity index (χ4v) is 2.45. The van der Waals surface area contributed by atoms with E-state index in [9.17, 15) is 9.90 Å². The highest BCUT2D eigenvalue weighted by Crippen LogP contribution is 2.39. The summed E-state index contributed by atoms with van der Waals surface area (Å²) in [4.78, 5) is 11.3. The van der Waals surface area contributed by atoms with Crippen LogP contribution >= 0.6 is 0 Å². The molecule has 0 saturated heterocycles. The van der Waals surface area contributed by atoms with Crippen molar-refractivity contribution in [1.29, 1.82) is 0 Å². The SMILES string of the molecule is COC(=O)C[C@H]1CCc2c1ccc(O)c2C. The van der Waals surface area contributed by atoms with Gasteiger partial charge in [0.15, 0.2) is 0 Å². The first-order valence-electron chi connectivity index (χ1n) is 5.51. The molecule has 0 saturated carbocycles. The molecular weight excluding hydrogens is 204 g/mol. The van der Waals surface area contributed by atoms with Crippen molar-refractivity contribution in [2.24, 2.45) is 0 Å². The Morgan fingerprint density at radius 1 is 1.56 bits per heavy atom. The quantitative estimate of drug-likeness (QED) is 0.778. The number of hydrogen-bond donors (Lipinski definition) is 1. The van der Waals surface area contributed by atoms with Crippen LogP contribution in [-0.4, -0.2) is 18.2 Å². The van der Waals surface area contributed by atoms with Crippen molar-refractivity contribution in [2.75, 3.05) is 7.11 Å². The molecule has 0 spiro atoms. The molecule has 1 aromatic carbocycles. The van der Waals surface area contributed by atoms with Crippen molar-refractivity contribution in [2.45, 2.75) is 32.1 Å². The number of carbonyl (C=O) groups is 1. The lowest BCUT2D eigenvalue weighted by molar-refractivity contribution is -0.141. The van der Waals surface area contributed by atoms with Crippen LogP contribution in [0.5, 0.6) is 5.75 Å². The number of ether oxygens (including phenoxy) is 1. The zero-order chi connectivity index (χ0) is 11.7. The Kier molecular flexibility index (Phi) is 2.86. The molecule has 16 heavy (non-hydrogen) atoms. The van der Waals surface area contributed by atoms with Crippen LogP contribution in [0.4, 0.5) is 0 Å². The average molecular weight is 220 g/mol. The van der Waals surface area contributed by atoms with Crippen molar-refractivity contribution in [3.05, 3.63) is 28.8 Å². The first-order chi connectivity index (χ1) is 7.63. The Morgan fingerprint density at radius 3 is 3.00 bits per heavy atom. The molecule has 0 amide bonds. The highest BCUT2D eigenvalue weighted by Gasteiger charge is 2.26. The maximum absolute atomic E-state index is 11.3. The molecule has 0 radical (unpaired) electrons. The van der Waals surface area contributed by atoms with Gasteiger partial charge in [0.1, 0.15) is 5.75 Å². The highest BCUT2D eigenvalue weighted by molar-refractivity contribution is 5.71. The molecule has 1 N–H and O–H groups in total. The van der Waals surface area contributed by atoms with Crippen LogP contribution in [0.3, 0.4) is 0 Å². The summed E-state index contributed by atoms with van der Waals surface area (Å²) >= 11 is 0. The number of hydrogen-bond acceptors (Lipinski definition) is 3. The number of esters is 1. The van der Waals surface area contributed by atoms with Gasteiger partial charge in [-0.15, -0.1) is 0 Å². The van der Waals surface area contributed by atoms with E-state index in [2.05, 4.69) is 0 Å². The predicted molar refractivity (Wildman–Crippen MR) is 60.5 cm³/mol. The van der Waals surface area contributed by atoms with E-state index in [0.717, 1.165) is 18.4 Å². The van der Waals surface area contributed by atoms with E-state index < -0.39 is 0 Å². The Labute approximate surface area is 95.0 Å². The second-order valence-corrected chi connectivity index (χ2v) is 4.29. The molecule has 1 aromatic rings. The summed E-state index contributed by atoms with van der Waals surface area (Å²) in [5, 5.41) is 9.61. The van der Waals surface area contributed by atoms with Gasteiger partial charge in [0, 0.05) is 0 Å². The van der Waals surface area contributed by atoms with Crippen LogP contribution < -0.4 is 0 Å². The Balaban J connectivity index is 2.27. The van der Waals surface area contributed by atoms with Gasteiger partial charge in [-0.2, -0.15) is 0 Å². The van der Waals surface area contributed by atoms with Gasteiger partial charge >= 0.3 is 5.97 Å². The monoisotopic (exact) mass is 220 g/mol. The fraction of sp³-hybridized carbons (Fsp3) is 0.462. The molecule has 0 fully saturated rings. The summed E-state index contributed by atoms with van der Waals surface area (Å²) in [5.74, 6) is 0.433. The lowest BCUT2D eigenvalue weighted by Crippen LogP contribution is -2.06. The summed E-state index contributed by atoms with van der Waals surface area (Å²) in [6.07, 6.45) is 2.35. The molecule has 0 aliphatic heterocycles. The number of methoxy groups -OCH3 is 1. The molecule has 0 aromatic heterocycles. The van der Waals surface area contributed by atoms with Gasteiger partial charge in [-0.1, -0.05) is 6.07 Å². The van der Waals surface area contributed by atoms with Crippen LogP contribution in [0.25, 0.3) is 0 Å². The van der Waals surface area contributed by atoms with Gasteiger partial charge in [-0.25, -0.2) is 0 Å². The van der Waals surface area contributed by atoms with Crippen molar-refractivity contribution in [3.8, 4) is 5.75 Å². The van der Waals surface area contributed by atoms with Gasteiger partial charge in [0.25, 0.3) is 0 Å². The summed E-state index contributed by atoms with van der Waals surface area (Å²) in [5.41, 5.74) is 3.35. The minimum atomic E-state index is -0.163. The van der Waals surface area contributed by atoms with Crippen molar-refractivity contribution < 1.29 is 14.6 Å². The lowest BCUT2D eigenvalue weighted by atomic mass is 9.96. The standard InChI is InChI=1S/C13H16O3/c1-8-10-4-3-9(7-13(15)16-2)11(10)5-6-12(8)14/h5-6,9,14H,3-4,7H2,1-2H3/t9-/m1/s1.